The second kappa shape index (κ2) is 8.62. The van der Waals surface area contributed by atoms with Crippen LogP contribution in [0.25, 0.3) is 0 Å². The Balaban J connectivity index is 0.00000200. The molecule has 1 aliphatic rings. The molecule has 20 heavy (non-hydrogen) atoms. The van der Waals surface area contributed by atoms with Crippen molar-refractivity contribution in [1.82, 2.24) is 10.2 Å². The number of rotatable bonds is 5. The summed E-state index contributed by atoms with van der Waals surface area (Å²) >= 11 is 1.69. The largest absolute Gasteiger partial charge is 0.375 e. The zero-order valence-electron chi connectivity index (χ0n) is 12.0. The Morgan fingerprint density at radius 1 is 1.60 bits per heavy atom. The molecule has 1 amide bonds. The van der Waals surface area contributed by atoms with Crippen LogP contribution in [0, 0.1) is 0 Å². The fourth-order valence-electron chi connectivity index (χ4n) is 2.19. The van der Waals surface area contributed by atoms with E-state index < -0.39 is 0 Å². The van der Waals surface area contributed by atoms with Crippen LogP contribution in [0.15, 0.2) is 17.5 Å². The minimum Gasteiger partial charge on any atom is -0.375 e. The van der Waals surface area contributed by atoms with Gasteiger partial charge in [0, 0.05) is 24.0 Å². The summed E-state index contributed by atoms with van der Waals surface area (Å²) < 4.78 is 5.61. The first-order valence-electron chi connectivity index (χ1n) is 6.81. The molecule has 4 nitrogen and oxygen atoms in total. The molecule has 0 aliphatic carbocycles. The molecule has 1 saturated heterocycles. The molecular weight excluding hydrogens is 296 g/mol. The summed E-state index contributed by atoms with van der Waals surface area (Å²) in [5.74, 6) is 0.178. The van der Waals surface area contributed by atoms with E-state index in [-0.39, 0.29) is 30.5 Å². The van der Waals surface area contributed by atoms with Crippen LogP contribution in [-0.2, 0) is 16.1 Å². The van der Waals surface area contributed by atoms with Crippen LogP contribution in [0.5, 0.6) is 0 Å². The average molecular weight is 319 g/mol. The number of nitrogens with zero attached hydrogens (tertiary/aromatic N) is 1. The van der Waals surface area contributed by atoms with E-state index in [9.17, 15) is 4.79 Å². The predicted molar refractivity (Wildman–Crippen MR) is 84.5 cm³/mol. The molecular formula is C14H23ClN2O2S. The molecule has 1 N–H and O–H groups in total. The van der Waals surface area contributed by atoms with Crippen LogP contribution >= 0.6 is 23.7 Å². The maximum Gasteiger partial charge on any atom is 0.225 e. The summed E-state index contributed by atoms with van der Waals surface area (Å²) in [6.45, 7) is 7.18. The van der Waals surface area contributed by atoms with E-state index in [1.807, 2.05) is 16.3 Å². The standard InChI is InChI=1S/C14H22N2O2S.ClH/c1-11(2)16(10-13-4-3-7-19-13)14(17)8-12-9-15-5-6-18-12;/h3-4,7,11-12,15H,5-6,8-10H2,1-2H3;1H. The molecule has 0 radical (unpaired) electrons. The van der Waals surface area contributed by atoms with Crippen molar-refractivity contribution in [2.75, 3.05) is 19.7 Å². The van der Waals surface area contributed by atoms with E-state index in [2.05, 4.69) is 25.2 Å². The van der Waals surface area contributed by atoms with Gasteiger partial charge < -0.3 is 15.0 Å². The number of halogens is 1. The van der Waals surface area contributed by atoms with Gasteiger partial charge in [-0.25, -0.2) is 0 Å². The van der Waals surface area contributed by atoms with Crippen molar-refractivity contribution in [3.63, 3.8) is 0 Å². The first-order chi connectivity index (χ1) is 9.16. The third-order valence-corrected chi connectivity index (χ3v) is 4.12. The molecule has 1 fully saturated rings. The van der Waals surface area contributed by atoms with Crippen molar-refractivity contribution in [1.29, 1.82) is 0 Å². The molecule has 1 atom stereocenters. The Morgan fingerprint density at radius 2 is 2.40 bits per heavy atom. The minimum absolute atomic E-state index is 0. The fourth-order valence-corrected chi connectivity index (χ4v) is 2.89. The van der Waals surface area contributed by atoms with E-state index in [0.717, 1.165) is 13.1 Å². The van der Waals surface area contributed by atoms with E-state index in [1.165, 1.54) is 4.88 Å². The maximum atomic E-state index is 12.4. The molecule has 0 spiro atoms. The molecule has 2 heterocycles. The Labute approximate surface area is 130 Å². The zero-order chi connectivity index (χ0) is 13.7. The summed E-state index contributed by atoms with van der Waals surface area (Å²) in [7, 11) is 0. The Bertz CT molecular complexity index is 392. The third-order valence-electron chi connectivity index (χ3n) is 3.26. The van der Waals surface area contributed by atoms with Gasteiger partial charge in [0.25, 0.3) is 0 Å². The van der Waals surface area contributed by atoms with Gasteiger partial charge in [-0.3, -0.25) is 4.79 Å². The average Bonchev–Trinajstić information content (AvgIpc) is 2.89. The predicted octanol–water partition coefficient (Wildman–Crippen LogP) is 2.29. The van der Waals surface area contributed by atoms with Gasteiger partial charge in [-0.1, -0.05) is 6.07 Å². The zero-order valence-corrected chi connectivity index (χ0v) is 13.6. The first kappa shape index (κ1) is 17.4. The van der Waals surface area contributed by atoms with Gasteiger partial charge >= 0.3 is 0 Å². The van der Waals surface area contributed by atoms with Gasteiger partial charge in [0.2, 0.25) is 5.91 Å². The van der Waals surface area contributed by atoms with Gasteiger partial charge in [0.1, 0.15) is 0 Å². The lowest BCUT2D eigenvalue weighted by Gasteiger charge is -2.30. The van der Waals surface area contributed by atoms with Crippen LogP contribution < -0.4 is 5.32 Å². The van der Waals surface area contributed by atoms with Gasteiger partial charge in [-0.05, 0) is 25.3 Å². The number of hydrogen-bond donors (Lipinski definition) is 1. The lowest BCUT2D eigenvalue weighted by molar-refractivity contribution is -0.137. The minimum atomic E-state index is 0. The molecule has 0 aromatic carbocycles. The van der Waals surface area contributed by atoms with Gasteiger partial charge in [-0.2, -0.15) is 0 Å². The van der Waals surface area contributed by atoms with Gasteiger partial charge in [0.15, 0.2) is 0 Å². The molecule has 1 aliphatic heterocycles. The normalized spacial score (nSPS) is 18.6. The van der Waals surface area contributed by atoms with Crippen molar-refractivity contribution in [3.8, 4) is 0 Å². The SMILES string of the molecule is CC(C)N(Cc1cccs1)C(=O)CC1CNCCO1.Cl. The first-order valence-corrected chi connectivity index (χ1v) is 7.69. The summed E-state index contributed by atoms with van der Waals surface area (Å²) in [5.41, 5.74) is 0. The summed E-state index contributed by atoms with van der Waals surface area (Å²) in [6.07, 6.45) is 0.488. The molecule has 2 rings (SSSR count). The van der Waals surface area contributed by atoms with Crippen molar-refractivity contribution in [2.45, 2.75) is 39.0 Å². The number of ether oxygens (including phenoxy) is 1. The van der Waals surface area contributed by atoms with Crippen LogP contribution in [-0.4, -0.2) is 42.6 Å². The second-order valence-electron chi connectivity index (χ2n) is 5.10. The van der Waals surface area contributed by atoms with E-state index in [1.54, 1.807) is 11.3 Å². The summed E-state index contributed by atoms with van der Waals surface area (Å²) in [4.78, 5) is 15.6. The highest BCUT2D eigenvalue weighted by atomic mass is 35.5. The Kier molecular flexibility index (Phi) is 7.51. The molecule has 1 unspecified atom stereocenters. The van der Waals surface area contributed by atoms with E-state index in [4.69, 9.17) is 4.74 Å². The topological polar surface area (TPSA) is 41.6 Å². The number of carbonyl (C=O) groups excluding carboxylic acids is 1. The van der Waals surface area contributed by atoms with Crippen LogP contribution in [0.1, 0.15) is 25.1 Å². The monoisotopic (exact) mass is 318 g/mol. The van der Waals surface area contributed by atoms with Crippen molar-refractivity contribution in [3.05, 3.63) is 22.4 Å². The molecule has 0 bridgehead atoms. The number of amides is 1. The highest BCUT2D eigenvalue weighted by Gasteiger charge is 2.23. The maximum absolute atomic E-state index is 12.4. The summed E-state index contributed by atoms with van der Waals surface area (Å²) in [6, 6.07) is 4.31. The number of nitrogens with one attached hydrogen (secondary N) is 1. The van der Waals surface area contributed by atoms with Crippen molar-refractivity contribution < 1.29 is 9.53 Å². The molecule has 1 aromatic rings. The number of morpholine rings is 1. The van der Waals surface area contributed by atoms with Crippen LogP contribution in [0.4, 0.5) is 0 Å². The van der Waals surface area contributed by atoms with Gasteiger partial charge in [0.05, 0.1) is 25.7 Å². The molecule has 1 aromatic heterocycles. The number of thiophene rings is 1. The van der Waals surface area contributed by atoms with Gasteiger partial charge in [-0.15, -0.1) is 23.7 Å². The van der Waals surface area contributed by atoms with E-state index in [0.29, 0.717) is 19.6 Å². The third kappa shape index (κ3) is 5.05. The quantitative estimate of drug-likeness (QED) is 0.905. The van der Waals surface area contributed by atoms with Crippen molar-refractivity contribution >= 4 is 29.7 Å². The number of carbonyl (C=O) groups is 1. The number of hydrogen-bond acceptors (Lipinski definition) is 4. The molecule has 6 heteroatoms. The second-order valence-corrected chi connectivity index (χ2v) is 6.13. The van der Waals surface area contributed by atoms with Crippen LogP contribution in [0.3, 0.4) is 0 Å². The highest BCUT2D eigenvalue weighted by Crippen LogP contribution is 2.16. The Morgan fingerprint density at radius 3 is 2.95 bits per heavy atom. The molecule has 114 valence electrons. The molecule has 0 saturated carbocycles. The fraction of sp³-hybridized carbons (Fsp3) is 0.643. The lowest BCUT2D eigenvalue weighted by atomic mass is 10.2. The Hall–Kier alpha value is -0.620. The van der Waals surface area contributed by atoms with Crippen LogP contribution in [0.2, 0.25) is 0 Å². The summed E-state index contributed by atoms with van der Waals surface area (Å²) in [5, 5.41) is 5.31. The van der Waals surface area contributed by atoms with E-state index >= 15 is 0 Å². The lowest BCUT2D eigenvalue weighted by Crippen LogP contribution is -2.43. The highest BCUT2D eigenvalue weighted by molar-refractivity contribution is 7.09. The smallest absolute Gasteiger partial charge is 0.225 e. The van der Waals surface area contributed by atoms with Crippen molar-refractivity contribution in [2.24, 2.45) is 0 Å².